The number of hydrogen-bond acceptors (Lipinski definition) is 12. The van der Waals surface area contributed by atoms with Gasteiger partial charge in [0.05, 0.1) is 0 Å². The average Bonchev–Trinajstić information content (AvgIpc) is 3.55. The van der Waals surface area contributed by atoms with Crippen molar-refractivity contribution >= 4 is 63.6 Å². The summed E-state index contributed by atoms with van der Waals surface area (Å²) in [6, 6.07) is -1.15. The molecule has 2 saturated heterocycles. The normalized spacial score (nSPS) is 24.3. The van der Waals surface area contributed by atoms with Crippen LogP contribution in [-0.4, -0.2) is 91.3 Å². The number of esters is 2. The summed E-state index contributed by atoms with van der Waals surface area (Å²) >= 11 is 2.02. The van der Waals surface area contributed by atoms with Gasteiger partial charge < -0.3 is 25.9 Å². The molecule has 40 heavy (non-hydrogen) atoms. The molecule has 4 N–H and O–H groups in total. The topological polar surface area (TPSA) is 185 Å². The van der Waals surface area contributed by atoms with Gasteiger partial charge in [0.2, 0.25) is 5.91 Å². The van der Waals surface area contributed by atoms with E-state index < -0.39 is 52.8 Å². The van der Waals surface area contributed by atoms with Gasteiger partial charge in [-0.15, -0.1) is 23.1 Å². The third kappa shape index (κ3) is 5.03. The number of oxime groups is 1. The van der Waals surface area contributed by atoms with Crippen molar-refractivity contribution in [1.29, 1.82) is 0 Å². The minimum atomic E-state index is -5.47. The van der Waals surface area contributed by atoms with Gasteiger partial charge in [-0.2, -0.15) is 13.2 Å². The maximum Gasteiger partial charge on any atom is 0.491 e. The number of carbonyl (C=O) groups excluding carboxylic acids is 5. The highest BCUT2D eigenvalue weighted by Gasteiger charge is 2.55. The van der Waals surface area contributed by atoms with E-state index in [1.165, 1.54) is 11.5 Å². The summed E-state index contributed by atoms with van der Waals surface area (Å²) in [4.78, 5) is 69.2. The molecule has 3 amide bonds. The van der Waals surface area contributed by atoms with E-state index in [2.05, 4.69) is 20.2 Å². The third-order valence-corrected chi connectivity index (χ3v) is 8.44. The number of amides is 3. The second-order valence-electron chi connectivity index (χ2n) is 9.08. The summed E-state index contributed by atoms with van der Waals surface area (Å²) in [7, 11) is 0. The lowest BCUT2D eigenvalue weighted by atomic mass is 10.0. The Bertz CT molecular complexity index is 1420. The highest BCUT2D eigenvalue weighted by molar-refractivity contribution is 8.00. The summed E-state index contributed by atoms with van der Waals surface area (Å²) in [6.45, 7) is 0.445. The van der Waals surface area contributed by atoms with Crippen molar-refractivity contribution < 1.29 is 47.1 Å². The number of halogens is 3. The molecule has 212 valence electrons. The molecule has 1 aromatic rings. The van der Waals surface area contributed by atoms with E-state index in [0.29, 0.717) is 18.5 Å². The Morgan fingerprint density at radius 3 is 2.60 bits per heavy atom. The van der Waals surface area contributed by atoms with E-state index in [9.17, 15) is 42.4 Å². The van der Waals surface area contributed by atoms with Gasteiger partial charge in [-0.3, -0.25) is 19.3 Å². The Labute approximate surface area is 230 Å². The SMILES string of the molecule is Nc1nc(/C(=N/O)C(=O)N[C@@H]2C(=O)N3C(C(=O)OC(=O)C(F)(F)F)=C(/C=C4\CCN(C5CC5)C4=O)CS[C@H]23)cs1. The number of anilines is 1. The van der Waals surface area contributed by atoms with Crippen LogP contribution in [0.1, 0.15) is 25.0 Å². The fourth-order valence-corrected chi connectivity index (χ4v) is 6.32. The van der Waals surface area contributed by atoms with Crippen LogP contribution >= 0.6 is 23.1 Å². The van der Waals surface area contributed by atoms with Crippen LogP contribution in [0.25, 0.3) is 0 Å². The predicted molar refractivity (Wildman–Crippen MR) is 131 cm³/mol. The van der Waals surface area contributed by atoms with Crippen LogP contribution < -0.4 is 11.1 Å². The number of hydrogen-bond donors (Lipinski definition) is 3. The molecule has 3 fully saturated rings. The predicted octanol–water partition coefficient (Wildman–Crippen LogP) is 0.511. The van der Waals surface area contributed by atoms with E-state index in [4.69, 9.17) is 5.73 Å². The van der Waals surface area contributed by atoms with Crippen LogP contribution in [0.2, 0.25) is 0 Å². The minimum absolute atomic E-state index is 0.0240. The second kappa shape index (κ2) is 10.2. The van der Waals surface area contributed by atoms with Crippen molar-refractivity contribution in [1.82, 2.24) is 20.1 Å². The van der Waals surface area contributed by atoms with Gasteiger partial charge in [0.15, 0.2) is 10.8 Å². The lowest BCUT2D eigenvalue weighted by Gasteiger charge is -2.49. The quantitative estimate of drug-likeness (QED) is 0.0791. The number of nitrogens with two attached hydrogens (primary N) is 1. The first kappa shape index (κ1) is 27.6. The largest absolute Gasteiger partial charge is 0.491 e. The molecule has 0 unspecified atom stereocenters. The molecule has 1 saturated carbocycles. The monoisotopic (exact) mass is 600 g/mol. The zero-order chi connectivity index (χ0) is 28.9. The first-order valence-electron chi connectivity index (χ1n) is 11.7. The Morgan fingerprint density at radius 1 is 1.27 bits per heavy atom. The highest BCUT2D eigenvalue weighted by Crippen LogP contribution is 2.42. The molecule has 2 atom stereocenters. The Hall–Kier alpha value is -3.93. The van der Waals surface area contributed by atoms with E-state index in [0.717, 1.165) is 40.8 Å². The van der Waals surface area contributed by atoms with E-state index in [1.807, 2.05) is 0 Å². The number of nitrogens with zero attached hydrogens (tertiary/aromatic N) is 4. The number of carbonyl (C=O) groups is 5. The van der Waals surface area contributed by atoms with Gasteiger partial charge in [-0.1, -0.05) is 5.16 Å². The van der Waals surface area contributed by atoms with Gasteiger partial charge >= 0.3 is 18.1 Å². The molecule has 0 radical (unpaired) electrons. The number of nitrogens with one attached hydrogen (secondary N) is 1. The molecule has 0 aromatic carbocycles. The van der Waals surface area contributed by atoms with Crippen LogP contribution in [0.15, 0.2) is 33.5 Å². The number of nitrogen functional groups attached to an aromatic ring is 1. The van der Waals surface area contributed by atoms with Gasteiger partial charge in [-0.25, -0.2) is 14.6 Å². The van der Waals surface area contributed by atoms with Crippen molar-refractivity contribution in [2.75, 3.05) is 18.0 Å². The van der Waals surface area contributed by atoms with Gasteiger partial charge in [0.25, 0.3) is 11.8 Å². The molecule has 0 bridgehead atoms. The summed E-state index contributed by atoms with van der Waals surface area (Å²) in [5.74, 6) is -6.74. The number of allylic oxidation sites excluding steroid dienone is 1. The van der Waals surface area contributed by atoms with Crippen molar-refractivity contribution in [2.24, 2.45) is 5.16 Å². The van der Waals surface area contributed by atoms with Gasteiger partial charge in [0.1, 0.15) is 22.8 Å². The summed E-state index contributed by atoms with van der Waals surface area (Å²) < 4.78 is 42.5. The Balaban J connectivity index is 1.41. The van der Waals surface area contributed by atoms with E-state index >= 15 is 0 Å². The van der Waals surface area contributed by atoms with E-state index in [1.54, 1.807) is 4.90 Å². The molecule has 0 spiro atoms. The fourth-order valence-electron chi connectivity index (χ4n) is 4.47. The molecule has 18 heteroatoms. The number of alkyl halides is 3. The number of ether oxygens (including phenoxy) is 1. The molecule has 1 aliphatic carbocycles. The number of rotatable bonds is 6. The summed E-state index contributed by atoms with van der Waals surface area (Å²) in [5.41, 5.74) is 4.62. The highest BCUT2D eigenvalue weighted by atomic mass is 32.2. The molecule has 3 aliphatic heterocycles. The molecule has 13 nitrogen and oxygen atoms in total. The standard InChI is InChI=1S/C22H19F3N6O7S2/c23-22(24,25)20(36)38-19(35)14-9(5-8-3-4-30(16(8)33)10-1-2-10)6-39-18-13(17(34)31(14)18)28-15(32)12(29-37)11-7-40-21(26)27-11/h5,7,10,13,18,37H,1-4,6H2,(H2,26,27)(H,28,32)/b8-5+,29-12-/t13-,18-/m1/s1. The lowest BCUT2D eigenvalue weighted by Crippen LogP contribution is -2.71. The zero-order valence-corrected chi connectivity index (χ0v) is 21.8. The van der Waals surface area contributed by atoms with Crippen LogP contribution in [0.3, 0.4) is 0 Å². The van der Waals surface area contributed by atoms with Crippen LogP contribution in [-0.2, 0) is 28.7 Å². The first-order valence-corrected chi connectivity index (χ1v) is 13.6. The lowest BCUT2D eigenvalue weighted by molar-refractivity contribution is -0.201. The first-order chi connectivity index (χ1) is 18.9. The Kier molecular flexibility index (Phi) is 7.07. The summed E-state index contributed by atoms with van der Waals surface area (Å²) in [6.07, 6.45) is -2.08. The summed E-state index contributed by atoms with van der Waals surface area (Å²) in [5, 5.41) is 15.0. The van der Waals surface area contributed by atoms with Crippen molar-refractivity contribution in [3.05, 3.63) is 34.0 Å². The number of thioether (sulfide) groups is 1. The van der Waals surface area contributed by atoms with Crippen molar-refractivity contribution in [2.45, 2.75) is 42.9 Å². The average molecular weight is 601 g/mol. The van der Waals surface area contributed by atoms with Gasteiger partial charge in [-0.05, 0) is 30.9 Å². The van der Waals surface area contributed by atoms with Crippen LogP contribution in [0.4, 0.5) is 18.3 Å². The number of fused-ring (bicyclic) bond motifs is 1. The molecule has 4 aliphatic rings. The maximum atomic E-state index is 13.1. The molecule has 5 rings (SSSR count). The van der Waals surface area contributed by atoms with Gasteiger partial charge in [0, 0.05) is 29.3 Å². The smallest absolute Gasteiger partial charge is 0.410 e. The second-order valence-corrected chi connectivity index (χ2v) is 11.1. The number of likely N-dealkylation sites (tertiary alicyclic amines) is 1. The molecular formula is C22H19F3N6O7S2. The number of thiazole rings is 1. The van der Waals surface area contributed by atoms with Crippen LogP contribution in [0.5, 0.6) is 0 Å². The minimum Gasteiger partial charge on any atom is -0.410 e. The fraction of sp³-hybridized carbons (Fsp3) is 0.409. The van der Waals surface area contributed by atoms with Crippen LogP contribution in [0, 0.1) is 0 Å². The molecule has 1 aromatic heterocycles. The van der Waals surface area contributed by atoms with E-state index in [-0.39, 0.29) is 34.1 Å². The number of β-lactam (4-membered cyclic amide) rings is 1. The van der Waals surface area contributed by atoms with Crippen molar-refractivity contribution in [3.8, 4) is 0 Å². The maximum absolute atomic E-state index is 13.1. The zero-order valence-electron chi connectivity index (χ0n) is 20.1. The third-order valence-electron chi connectivity index (χ3n) is 6.47. The molecular weight excluding hydrogens is 581 g/mol. The van der Waals surface area contributed by atoms with Crippen molar-refractivity contribution in [3.63, 3.8) is 0 Å². The Morgan fingerprint density at radius 2 is 2.00 bits per heavy atom. The number of aromatic nitrogens is 1. The molecule has 4 heterocycles.